The number of benzene rings is 1. The van der Waals surface area contributed by atoms with Gasteiger partial charge in [0.2, 0.25) is 0 Å². The fourth-order valence-electron chi connectivity index (χ4n) is 2.80. The molecule has 0 aliphatic carbocycles. The van der Waals surface area contributed by atoms with E-state index in [0.29, 0.717) is 0 Å². The molecule has 1 aliphatic heterocycles. The van der Waals surface area contributed by atoms with Crippen LogP contribution in [0.5, 0.6) is 0 Å². The molecule has 0 radical (unpaired) electrons. The first-order valence-corrected chi connectivity index (χ1v) is 13.2. The van der Waals surface area contributed by atoms with Gasteiger partial charge in [0, 0.05) is 5.57 Å². The van der Waals surface area contributed by atoms with Crippen LogP contribution in [-0.2, 0) is 9.31 Å². The average molecular weight is 380 g/mol. The van der Waals surface area contributed by atoms with Crippen molar-refractivity contribution in [3.05, 3.63) is 54.0 Å². The summed E-state index contributed by atoms with van der Waals surface area (Å²) < 4.78 is 12.8. The van der Waals surface area contributed by atoms with Crippen molar-refractivity contribution in [2.45, 2.75) is 71.4 Å². The molecule has 2 rings (SSSR count). The van der Waals surface area contributed by atoms with E-state index in [-0.39, 0.29) is 18.3 Å². The molecule has 1 aliphatic rings. The zero-order chi connectivity index (χ0) is 20.3. The van der Waals surface area contributed by atoms with Gasteiger partial charge in [0.1, 0.15) is 8.07 Å². The molecule has 0 unspecified atom stereocenters. The predicted octanol–water partition coefficient (Wildman–Crippen LogP) is 5.92. The third kappa shape index (κ3) is 5.48. The Labute approximate surface area is 167 Å². The maximum atomic E-state index is 6.39. The lowest BCUT2D eigenvalue weighted by molar-refractivity contribution is 0.00578. The number of allylic oxidation sites excluding steroid dienone is 3. The van der Waals surface area contributed by atoms with Crippen LogP contribution in [0.2, 0.25) is 19.6 Å². The van der Waals surface area contributed by atoms with Crippen LogP contribution in [0.1, 0.15) is 46.1 Å². The molecule has 0 saturated carbocycles. The van der Waals surface area contributed by atoms with Gasteiger partial charge >= 0.3 is 7.12 Å². The van der Waals surface area contributed by atoms with E-state index in [1.807, 2.05) is 12.1 Å². The van der Waals surface area contributed by atoms with Gasteiger partial charge in [-0.3, -0.25) is 0 Å². The average Bonchev–Trinajstić information content (AvgIpc) is 2.78. The summed E-state index contributed by atoms with van der Waals surface area (Å²) in [6.45, 7) is 19.1. The fourth-order valence-corrected chi connectivity index (χ4v) is 3.30. The van der Waals surface area contributed by atoms with Crippen molar-refractivity contribution in [2.24, 2.45) is 0 Å². The molecule has 1 saturated heterocycles. The van der Waals surface area contributed by atoms with E-state index < -0.39 is 8.07 Å². The van der Waals surface area contributed by atoms with E-state index >= 15 is 0 Å². The van der Waals surface area contributed by atoms with Gasteiger partial charge in [-0.15, -0.1) is 12.1 Å². The highest BCUT2D eigenvalue weighted by Gasteiger charge is 2.52. The minimum atomic E-state index is -1.52. The van der Waals surface area contributed by atoms with Crippen LogP contribution in [0, 0.1) is 11.5 Å². The minimum absolute atomic E-state index is 0.370. The Morgan fingerprint density at radius 2 is 1.63 bits per heavy atom. The van der Waals surface area contributed by atoms with Gasteiger partial charge in [-0.1, -0.05) is 62.0 Å². The second-order valence-electron chi connectivity index (χ2n) is 9.18. The van der Waals surface area contributed by atoms with E-state index in [1.165, 1.54) is 0 Å². The predicted molar refractivity (Wildman–Crippen MR) is 120 cm³/mol. The molecular formula is C23H33BO2Si. The molecule has 0 N–H and O–H groups in total. The SMILES string of the molecule is C=CCC/C(B1OC(C)(C)C(C)(C)O1)=C(/C#C[Si](C)(C)C)c1ccccc1. The standard InChI is InChI=1S/C23H33BO2Si/c1-9-10-16-21(24-25-22(2,3)23(4,5)26-24)20(17-18-27(6,7)8)19-14-12-11-13-15-19/h9,11-15H,1,10,16H2,2-8H3/b21-20+. The molecule has 2 nitrogen and oxygen atoms in total. The third-order valence-corrected chi connectivity index (χ3v) is 5.98. The maximum absolute atomic E-state index is 6.39. The summed E-state index contributed by atoms with van der Waals surface area (Å²) in [5, 5.41) is 0. The van der Waals surface area contributed by atoms with Gasteiger partial charge in [0.25, 0.3) is 0 Å². The Kier molecular flexibility index (Phi) is 6.63. The minimum Gasteiger partial charge on any atom is -0.400 e. The second kappa shape index (κ2) is 8.22. The summed E-state index contributed by atoms with van der Waals surface area (Å²) in [7, 11) is -1.91. The summed E-state index contributed by atoms with van der Waals surface area (Å²) in [6.07, 6.45) is 3.63. The topological polar surface area (TPSA) is 18.5 Å². The Morgan fingerprint density at radius 3 is 2.11 bits per heavy atom. The van der Waals surface area contributed by atoms with E-state index in [4.69, 9.17) is 9.31 Å². The van der Waals surface area contributed by atoms with Crippen molar-refractivity contribution < 1.29 is 9.31 Å². The molecule has 1 fully saturated rings. The Hall–Kier alpha value is -1.54. The molecule has 0 amide bonds. The lowest BCUT2D eigenvalue weighted by atomic mass is 9.71. The molecule has 0 atom stereocenters. The summed E-state index contributed by atoms with van der Waals surface area (Å²) in [5.74, 6) is 3.51. The largest absolute Gasteiger partial charge is 0.491 e. The lowest BCUT2D eigenvalue weighted by Crippen LogP contribution is -2.41. The first-order valence-electron chi connectivity index (χ1n) is 9.75. The number of hydrogen-bond acceptors (Lipinski definition) is 2. The third-order valence-electron chi connectivity index (χ3n) is 5.10. The molecule has 1 aromatic carbocycles. The zero-order valence-electron chi connectivity index (χ0n) is 18.0. The van der Waals surface area contributed by atoms with Crippen LogP contribution in [0.15, 0.2) is 48.5 Å². The molecule has 27 heavy (non-hydrogen) atoms. The van der Waals surface area contributed by atoms with Crippen LogP contribution in [0.3, 0.4) is 0 Å². The molecular weight excluding hydrogens is 347 g/mol. The second-order valence-corrected chi connectivity index (χ2v) is 13.9. The van der Waals surface area contributed by atoms with E-state index in [2.05, 4.69) is 89.6 Å². The van der Waals surface area contributed by atoms with Gasteiger partial charge in [0.05, 0.1) is 11.2 Å². The van der Waals surface area contributed by atoms with Crippen LogP contribution in [0.4, 0.5) is 0 Å². The van der Waals surface area contributed by atoms with E-state index in [0.717, 1.165) is 29.5 Å². The van der Waals surface area contributed by atoms with Crippen molar-refractivity contribution >= 4 is 20.8 Å². The van der Waals surface area contributed by atoms with Crippen molar-refractivity contribution in [3.63, 3.8) is 0 Å². The summed E-state index contributed by atoms with van der Waals surface area (Å²) in [4.78, 5) is 0. The smallest absolute Gasteiger partial charge is 0.400 e. The van der Waals surface area contributed by atoms with Gasteiger partial charge < -0.3 is 9.31 Å². The molecule has 0 bridgehead atoms. The highest BCUT2D eigenvalue weighted by molar-refractivity contribution is 6.84. The molecule has 4 heteroatoms. The van der Waals surface area contributed by atoms with E-state index in [9.17, 15) is 0 Å². The first kappa shape index (κ1) is 21.8. The number of hydrogen-bond donors (Lipinski definition) is 0. The monoisotopic (exact) mass is 380 g/mol. The molecule has 144 valence electrons. The van der Waals surface area contributed by atoms with Gasteiger partial charge in [-0.25, -0.2) is 0 Å². The van der Waals surface area contributed by atoms with Gasteiger partial charge in [-0.05, 0) is 51.6 Å². The zero-order valence-corrected chi connectivity index (χ0v) is 19.0. The maximum Gasteiger partial charge on any atom is 0.491 e. The van der Waals surface area contributed by atoms with Gasteiger partial charge in [0.15, 0.2) is 0 Å². The summed E-state index contributed by atoms with van der Waals surface area (Å²) >= 11 is 0. The molecule has 0 aromatic heterocycles. The molecule has 1 heterocycles. The van der Waals surface area contributed by atoms with Gasteiger partial charge in [-0.2, -0.15) is 0 Å². The summed E-state index contributed by atoms with van der Waals surface area (Å²) in [6, 6.07) is 10.4. The van der Waals surface area contributed by atoms with Crippen molar-refractivity contribution in [1.29, 1.82) is 0 Å². The van der Waals surface area contributed by atoms with Crippen molar-refractivity contribution in [3.8, 4) is 11.5 Å². The van der Waals surface area contributed by atoms with Crippen molar-refractivity contribution in [1.82, 2.24) is 0 Å². The fraction of sp³-hybridized carbons (Fsp3) is 0.478. The highest BCUT2D eigenvalue weighted by atomic mass is 28.3. The van der Waals surface area contributed by atoms with Crippen LogP contribution < -0.4 is 0 Å². The highest BCUT2D eigenvalue weighted by Crippen LogP contribution is 2.40. The molecule has 1 aromatic rings. The Morgan fingerprint density at radius 1 is 1.07 bits per heavy atom. The Bertz CT molecular complexity index is 745. The lowest BCUT2D eigenvalue weighted by Gasteiger charge is -2.32. The summed E-state index contributed by atoms with van der Waals surface area (Å²) in [5.41, 5.74) is 6.08. The normalized spacial score (nSPS) is 19.1. The van der Waals surface area contributed by atoms with Crippen LogP contribution in [-0.4, -0.2) is 26.4 Å². The number of rotatable bonds is 5. The van der Waals surface area contributed by atoms with Crippen molar-refractivity contribution in [2.75, 3.05) is 0 Å². The molecule has 0 spiro atoms. The quantitative estimate of drug-likeness (QED) is 0.359. The van der Waals surface area contributed by atoms with Crippen LogP contribution in [0.25, 0.3) is 5.57 Å². The Balaban J connectivity index is 2.62. The first-order chi connectivity index (χ1) is 12.5. The van der Waals surface area contributed by atoms with Crippen LogP contribution >= 0.6 is 0 Å². The van der Waals surface area contributed by atoms with E-state index in [1.54, 1.807) is 0 Å².